The van der Waals surface area contributed by atoms with Gasteiger partial charge in [0.25, 0.3) is 0 Å². The number of unbranched alkanes of at least 4 members (excludes halogenated alkanes) is 2. The minimum Gasteiger partial charge on any atom is -0.394 e. The van der Waals surface area contributed by atoms with Crippen molar-refractivity contribution in [2.75, 3.05) is 26.4 Å². The molecule has 0 aromatic heterocycles. The van der Waals surface area contributed by atoms with E-state index in [9.17, 15) is 28.8 Å². The van der Waals surface area contributed by atoms with E-state index in [1.165, 1.54) is 0 Å². The molecule has 0 amide bonds. The molecule has 11 nitrogen and oxygen atoms in total. The fourth-order valence-electron chi connectivity index (χ4n) is 2.37. The van der Waals surface area contributed by atoms with Crippen LogP contribution in [0.4, 0.5) is 0 Å². The first kappa shape index (κ1) is 23.6. The second kappa shape index (κ2) is 11.4. The summed E-state index contributed by atoms with van der Waals surface area (Å²) in [7, 11) is -4.98. The molecule has 6 atom stereocenters. The molecule has 0 saturated carbocycles. The fraction of sp³-hybridized carbons (Fsp3) is 1.00. The quantitative estimate of drug-likeness (QED) is 0.183. The number of aliphatic hydroxyl groups excluding tert-OH is 4. The Morgan fingerprint density at radius 3 is 2.42 bits per heavy atom. The zero-order valence-corrected chi connectivity index (χ0v) is 15.3. The lowest BCUT2D eigenvalue weighted by Gasteiger charge is -2.40. The Hall–Kier alpha value is -0.410. The SMILES string of the molecule is CCCCCOC[C@@H](O)CO[C@@H]1O[C@H](CO)[C@H](O)[C@H](OS(=O)(=O)O)[C@H]1O. The van der Waals surface area contributed by atoms with Gasteiger partial charge < -0.3 is 34.6 Å². The molecule has 12 heteroatoms. The third-order valence-corrected chi connectivity index (χ3v) is 4.18. The smallest absolute Gasteiger partial charge is 0.394 e. The Morgan fingerprint density at radius 2 is 1.85 bits per heavy atom. The molecule has 1 saturated heterocycles. The molecule has 0 radical (unpaired) electrons. The van der Waals surface area contributed by atoms with Crippen LogP contribution >= 0.6 is 0 Å². The molecule has 1 rings (SSSR count). The van der Waals surface area contributed by atoms with E-state index >= 15 is 0 Å². The highest BCUT2D eigenvalue weighted by molar-refractivity contribution is 7.80. The van der Waals surface area contributed by atoms with E-state index in [2.05, 4.69) is 4.18 Å². The highest BCUT2D eigenvalue weighted by atomic mass is 32.3. The molecule has 0 spiro atoms. The largest absolute Gasteiger partial charge is 0.397 e. The van der Waals surface area contributed by atoms with Crippen LogP contribution in [0.3, 0.4) is 0 Å². The standard InChI is InChI=1S/C14H28O11S/c1-2-3-4-5-22-7-9(16)8-23-14-12(18)13(25-26(19,20)21)11(17)10(6-15)24-14/h9-18H,2-8H2,1H3,(H,19,20,21)/t9-,10-,11+,12-,13+,14-/m1/s1. The lowest BCUT2D eigenvalue weighted by Crippen LogP contribution is -2.60. The summed E-state index contributed by atoms with van der Waals surface area (Å²) >= 11 is 0. The van der Waals surface area contributed by atoms with Gasteiger partial charge in [0.1, 0.15) is 30.5 Å². The molecule has 156 valence electrons. The number of hydrogen-bond donors (Lipinski definition) is 5. The van der Waals surface area contributed by atoms with Crippen molar-refractivity contribution < 1.29 is 51.8 Å². The topological polar surface area (TPSA) is 172 Å². The number of aliphatic hydroxyl groups is 4. The van der Waals surface area contributed by atoms with Crippen molar-refractivity contribution in [2.24, 2.45) is 0 Å². The molecule has 0 aliphatic carbocycles. The normalized spacial score (nSPS) is 31.1. The summed E-state index contributed by atoms with van der Waals surface area (Å²) in [6.07, 6.45) is -6.30. The zero-order chi connectivity index (χ0) is 19.7. The number of rotatable bonds is 12. The average molecular weight is 404 g/mol. The van der Waals surface area contributed by atoms with E-state index in [1.54, 1.807) is 0 Å². The molecule has 1 fully saturated rings. The summed E-state index contributed by atoms with van der Waals surface area (Å²) in [5.74, 6) is 0. The van der Waals surface area contributed by atoms with Gasteiger partial charge in [0.2, 0.25) is 0 Å². The van der Waals surface area contributed by atoms with Gasteiger partial charge in [-0.05, 0) is 6.42 Å². The van der Waals surface area contributed by atoms with Gasteiger partial charge in [-0.2, -0.15) is 8.42 Å². The molecule has 1 heterocycles. The van der Waals surface area contributed by atoms with Crippen LogP contribution in [0, 0.1) is 0 Å². The van der Waals surface area contributed by atoms with Gasteiger partial charge in [-0.25, -0.2) is 4.18 Å². The van der Waals surface area contributed by atoms with E-state index in [1.807, 2.05) is 6.92 Å². The Labute approximate surface area is 152 Å². The third-order valence-electron chi connectivity index (χ3n) is 3.71. The first-order valence-corrected chi connectivity index (χ1v) is 9.71. The van der Waals surface area contributed by atoms with Crippen LogP contribution in [-0.2, 0) is 28.8 Å². The van der Waals surface area contributed by atoms with E-state index in [-0.39, 0.29) is 13.2 Å². The summed E-state index contributed by atoms with van der Waals surface area (Å²) < 4.78 is 50.3. The average Bonchev–Trinajstić information content (AvgIpc) is 2.57. The Balaban J connectivity index is 2.53. The molecule has 0 aromatic carbocycles. The summed E-state index contributed by atoms with van der Waals surface area (Å²) in [5.41, 5.74) is 0. The number of hydrogen-bond acceptors (Lipinski definition) is 10. The predicted octanol–water partition coefficient (Wildman–Crippen LogP) is -1.80. The summed E-state index contributed by atoms with van der Waals surface area (Å²) in [6, 6.07) is 0. The van der Waals surface area contributed by atoms with Gasteiger partial charge in [-0.1, -0.05) is 19.8 Å². The highest BCUT2D eigenvalue weighted by Crippen LogP contribution is 2.25. The van der Waals surface area contributed by atoms with Crippen LogP contribution in [0.5, 0.6) is 0 Å². The molecule has 5 N–H and O–H groups in total. The van der Waals surface area contributed by atoms with Crippen LogP contribution in [0.15, 0.2) is 0 Å². The van der Waals surface area contributed by atoms with Crippen molar-refractivity contribution in [2.45, 2.75) is 63.0 Å². The van der Waals surface area contributed by atoms with Crippen molar-refractivity contribution in [3.8, 4) is 0 Å². The van der Waals surface area contributed by atoms with Gasteiger partial charge in [-0.15, -0.1) is 0 Å². The van der Waals surface area contributed by atoms with Crippen molar-refractivity contribution >= 4 is 10.4 Å². The summed E-state index contributed by atoms with van der Waals surface area (Å²) in [4.78, 5) is 0. The maximum Gasteiger partial charge on any atom is 0.397 e. The first-order valence-electron chi connectivity index (χ1n) is 8.35. The lowest BCUT2D eigenvalue weighted by molar-refractivity contribution is -0.301. The Bertz CT molecular complexity index is 485. The van der Waals surface area contributed by atoms with Crippen molar-refractivity contribution in [3.05, 3.63) is 0 Å². The molecule has 1 aliphatic rings. The zero-order valence-electron chi connectivity index (χ0n) is 14.5. The van der Waals surface area contributed by atoms with Gasteiger partial charge in [0.05, 0.1) is 19.8 Å². The predicted molar refractivity (Wildman–Crippen MR) is 86.5 cm³/mol. The number of ether oxygens (including phenoxy) is 3. The van der Waals surface area contributed by atoms with Gasteiger partial charge in [0.15, 0.2) is 6.29 Å². The summed E-state index contributed by atoms with van der Waals surface area (Å²) in [6.45, 7) is 1.48. The van der Waals surface area contributed by atoms with Gasteiger partial charge in [-0.3, -0.25) is 4.55 Å². The first-order chi connectivity index (χ1) is 12.2. The van der Waals surface area contributed by atoms with Crippen LogP contribution in [0.2, 0.25) is 0 Å². The van der Waals surface area contributed by atoms with E-state index in [0.29, 0.717) is 6.61 Å². The maximum atomic E-state index is 10.9. The molecule has 0 unspecified atom stereocenters. The van der Waals surface area contributed by atoms with Gasteiger partial charge >= 0.3 is 10.4 Å². The Kier molecular flexibility index (Phi) is 10.4. The summed E-state index contributed by atoms with van der Waals surface area (Å²) in [5, 5.41) is 38.9. The lowest BCUT2D eigenvalue weighted by atomic mass is 9.99. The van der Waals surface area contributed by atoms with Crippen molar-refractivity contribution in [1.29, 1.82) is 0 Å². The van der Waals surface area contributed by atoms with Crippen LogP contribution in [0.1, 0.15) is 26.2 Å². The second-order valence-electron chi connectivity index (χ2n) is 5.96. The molecular weight excluding hydrogens is 376 g/mol. The highest BCUT2D eigenvalue weighted by Gasteiger charge is 2.47. The minimum atomic E-state index is -4.98. The van der Waals surface area contributed by atoms with E-state index in [0.717, 1.165) is 19.3 Å². The minimum absolute atomic E-state index is 0.0104. The van der Waals surface area contributed by atoms with Crippen molar-refractivity contribution in [3.63, 3.8) is 0 Å². The molecule has 0 aromatic rings. The molecule has 1 aliphatic heterocycles. The molecule has 26 heavy (non-hydrogen) atoms. The monoisotopic (exact) mass is 404 g/mol. The second-order valence-corrected chi connectivity index (χ2v) is 7.01. The molecule has 0 bridgehead atoms. The van der Waals surface area contributed by atoms with Crippen LogP contribution in [-0.4, -0.2) is 96.6 Å². The molecular formula is C14H28O11S. The van der Waals surface area contributed by atoms with Crippen LogP contribution in [0.25, 0.3) is 0 Å². The van der Waals surface area contributed by atoms with E-state index < -0.39 is 53.8 Å². The third kappa shape index (κ3) is 8.08. The maximum absolute atomic E-state index is 10.9. The van der Waals surface area contributed by atoms with Crippen molar-refractivity contribution in [1.82, 2.24) is 0 Å². The van der Waals surface area contributed by atoms with Gasteiger partial charge in [0, 0.05) is 6.61 Å². The Morgan fingerprint density at radius 1 is 1.15 bits per heavy atom. The van der Waals surface area contributed by atoms with E-state index in [4.69, 9.17) is 18.8 Å². The fourth-order valence-corrected chi connectivity index (χ4v) is 2.88. The van der Waals surface area contributed by atoms with Crippen LogP contribution < -0.4 is 0 Å².